The molecule has 2 aliphatic heterocycles. The number of methoxy groups -OCH3 is 1. The molecule has 0 spiro atoms. The van der Waals surface area contributed by atoms with Crippen molar-refractivity contribution < 1.29 is 23.5 Å². The molecule has 35 heavy (non-hydrogen) atoms. The van der Waals surface area contributed by atoms with Gasteiger partial charge in [0.15, 0.2) is 5.58 Å². The van der Waals surface area contributed by atoms with E-state index in [1.54, 1.807) is 53.8 Å². The molecule has 0 aliphatic carbocycles. The summed E-state index contributed by atoms with van der Waals surface area (Å²) in [5.41, 5.74) is 1.95. The van der Waals surface area contributed by atoms with E-state index in [2.05, 4.69) is 15.3 Å². The molecule has 3 amide bonds. The molecule has 4 aromatic rings. The highest BCUT2D eigenvalue weighted by Gasteiger charge is 2.53. The highest BCUT2D eigenvalue weighted by molar-refractivity contribution is 7.09. The van der Waals surface area contributed by atoms with E-state index in [9.17, 15) is 14.4 Å². The van der Waals surface area contributed by atoms with Crippen molar-refractivity contribution >= 4 is 40.2 Å². The molecule has 1 saturated heterocycles. The lowest BCUT2D eigenvalue weighted by molar-refractivity contribution is -0.127. The van der Waals surface area contributed by atoms with E-state index in [4.69, 9.17) is 9.15 Å². The molecule has 0 unspecified atom stereocenters. The summed E-state index contributed by atoms with van der Waals surface area (Å²) < 4.78 is 11.3. The molecule has 5 heterocycles. The first-order chi connectivity index (χ1) is 16.9. The molecule has 3 aromatic heterocycles. The van der Waals surface area contributed by atoms with Gasteiger partial charge in [-0.2, -0.15) is 0 Å². The van der Waals surface area contributed by atoms with Crippen molar-refractivity contribution in [3.8, 4) is 5.75 Å². The van der Waals surface area contributed by atoms with Crippen molar-refractivity contribution in [2.75, 3.05) is 13.7 Å². The molecular weight excluding hydrogens is 468 g/mol. The molecule has 0 saturated carbocycles. The number of nitrogens with zero attached hydrogens (tertiary/aromatic N) is 3. The van der Waals surface area contributed by atoms with Gasteiger partial charge in [0, 0.05) is 48.4 Å². The van der Waals surface area contributed by atoms with Crippen LogP contribution in [0.25, 0.3) is 11.1 Å². The minimum atomic E-state index is -1.34. The largest absolute Gasteiger partial charge is 0.497 e. The fourth-order valence-corrected chi connectivity index (χ4v) is 5.40. The number of fused-ring (bicyclic) bond motifs is 2. The molecule has 10 heteroatoms. The fraction of sp³-hybridized carbons (Fsp3) is 0.240. The maximum absolute atomic E-state index is 13.2. The Labute approximate surface area is 203 Å². The summed E-state index contributed by atoms with van der Waals surface area (Å²) in [6, 6.07) is 10.7. The van der Waals surface area contributed by atoms with E-state index < -0.39 is 17.2 Å². The molecule has 2 aliphatic rings. The first kappa shape index (κ1) is 21.5. The lowest BCUT2D eigenvalue weighted by Crippen LogP contribution is -2.46. The Morgan fingerprint density at radius 3 is 2.83 bits per heavy atom. The predicted molar refractivity (Wildman–Crippen MR) is 126 cm³/mol. The minimum absolute atomic E-state index is 0.00615. The summed E-state index contributed by atoms with van der Waals surface area (Å²) in [6.45, 7) is 0.337. The molecule has 9 nitrogen and oxygen atoms in total. The summed E-state index contributed by atoms with van der Waals surface area (Å²) in [4.78, 5) is 49.2. The number of thiazole rings is 1. The van der Waals surface area contributed by atoms with Gasteiger partial charge in [0.05, 0.1) is 18.5 Å². The standard InChI is InChI=1S/C25H20N4O5S/c1-33-16-4-2-14-12-29(23(31)17(14)9-16)13-25(11-21(30)28-24(25)32)20-10-18-19(34-20)5-3-15(27-18)8-22-26-6-7-35-22/h2-7,9-10H,8,11-13H2,1H3,(H,28,30,32)/t25-/m1/s1. The van der Waals surface area contributed by atoms with Crippen molar-refractivity contribution in [3.05, 3.63) is 75.6 Å². The number of imide groups is 1. The number of amides is 3. The fourth-order valence-electron chi connectivity index (χ4n) is 4.77. The number of rotatable bonds is 6. The Kier molecular flexibility index (Phi) is 4.92. The number of benzene rings is 1. The summed E-state index contributed by atoms with van der Waals surface area (Å²) in [6.07, 6.45) is 2.23. The number of pyridine rings is 1. The van der Waals surface area contributed by atoms with Gasteiger partial charge in [-0.15, -0.1) is 11.3 Å². The smallest absolute Gasteiger partial charge is 0.254 e. The van der Waals surface area contributed by atoms with Gasteiger partial charge < -0.3 is 14.1 Å². The first-order valence-corrected chi connectivity index (χ1v) is 11.9. The van der Waals surface area contributed by atoms with Gasteiger partial charge in [-0.3, -0.25) is 19.7 Å². The van der Waals surface area contributed by atoms with E-state index in [0.29, 0.717) is 41.1 Å². The Bertz CT molecular complexity index is 1500. The zero-order valence-corrected chi connectivity index (χ0v) is 19.6. The van der Waals surface area contributed by atoms with Crippen molar-refractivity contribution in [2.24, 2.45) is 0 Å². The van der Waals surface area contributed by atoms with Gasteiger partial charge in [0.2, 0.25) is 11.8 Å². The van der Waals surface area contributed by atoms with Crippen LogP contribution in [0.4, 0.5) is 0 Å². The Hall–Kier alpha value is -4.05. The summed E-state index contributed by atoms with van der Waals surface area (Å²) in [7, 11) is 1.54. The van der Waals surface area contributed by atoms with Gasteiger partial charge >= 0.3 is 0 Å². The van der Waals surface area contributed by atoms with Gasteiger partial charge in [0.25, 0.3) is 5.91 Å². The van der Waals surface area contributed by atoms with E-state index in [1.807, 2.05) is 17.5 Å². The molecule has 176 valence electrons. The van der Waals surface area contributed by atoms with Crippen molar-refractivity contribution in [1.82, 2.24) is 20.2 Å². The maximum atomic E-state index is 13.2. The van der Waals surface area contributed by atoms with E-state index in [-0.39, 0.29) is 18.9 Å². The van der Waals surface area contributed by atoms with Gasteiger partial charge in [0.1, 0.15) is 22.4 Å². The zero-order chi connectivity index (χ0) is 24.2. The van der Waals surface area contributed by atoms with Gasteiger partial charge in [-0.1, -0.05) is 6.07 Å². The van der Waals surface area contributed by atoms with Crippen LogP contribution < -0.4 is 10.1 Å². The summed E-state index contributed by atoms with van der Waals surface area (Å²) in [5.74, 6) is -0.203. The third kappa shape index (κ3) is 3.57. The van der Waals surface area contributed by atoms with Crippen LogP contribution >= 0.6 is 11.3 Å². The first-order valence-electron chi connectivity index (χ1n) is 11.0. The van der Waals surface area contributed by atoms with Crippen LogP contribution in [0.15, 0.2) is 52.4 Å². The molecule has 1 N–H and O–H groups in total. The van der Waals surface area contributed by atoms with E-state index in [0.717, 1.165) is 16.3 Å². The zero-order valence-electron chi connectivity index (χ0n) is 18.7. The number of carbonyl (C=O) groups is 3. The van der Waals surface area contributed by atoms with Crippen molar-refractivity contribution in [1.29, 1.82) is 0 Å². The van der Waals surface area contributed by atoms with Crippen LogP contribution in [0, 0.1) is 0 Å². The number of furan rings is 1. The lowest BCUT2D eigenvalue weighted by atomic mass is 9.82. The van der Waals surface area contributed by atoms with Gasteiger partial charge in [-0.25, -0.2) is 9.97 Å². The minimum Gasteiger partial charge on any atom is -0.497 e. The normalized spacial score (nSPS) is 19.5. The Morgan fingerprint density at radius 1 is 1.20 bits per heavy atom. The van der Waals surface area contributed by atoms with Crippen LogP contribution in [0.3, 0.4) is 0 Å². The predicted octanol–water partition coefficient (Wildman–Crippen LogP) is 2.82. The molecular formula is C25H20N4O5S. The second kappa shape index (κ2) is 8.02. The third-order valence-corrected chi connectivity index (χ3v) is 7.30. The SMILES string of the molecule is COc1ccc2c(c1)C(=O)N(C[C@@]1(c3cc4nc(Cc5nccs5)ccc4o3)CC(=O)NC1=O)C2. The molecule has 1 atom stereocenters. The third-order valence-electron chi connectivity index (χ3n) is 6.53. The molecule has 1 aromatic carbocycles. The second-order valence-corrected chi connectivity index (χ2v) is 9.70. The monoisotopic (exact) mass is 488 g/mol. The number of nitrogens with one attached hydrogen (secondary N) is 1. The van der Waals surface area contributed by atoms with Crippen LogP contribution in [0.2, 0.25) is 0 Å². The van der Waals surface area contributed by atoms with E-state index in [1.165, 1.54) is 0 Å². The van der Waals surface area contributed by atoms with Gasteiger partial charge in [-0.05, 0) is 29.8 Å². The maximum Gasteiger partial charge on any atom is 0.254 e. The number of hydrogen-bond donors (Lipinski definition) is 1. The quantitative estimate of drug-likeness (QED) is 0.415. The molecule has 0 radical (unpaired) electrons. The van der Waals surface area contributed by atoms with Crippen LogP contribution in [-0.4, -0.2) is 46.2 Å². The number of aromatic nitrogens is 2. The van der Waals surface area contributed by atoms with Crippen molar-refractivity contribution in [2.45, 2.75) is 24.8 Å². The van der Waals surface area contributed by atoms with Crippen LogP contribution in [0.5, 0.6) is 5.75 Å². The van der Waals surface area contributed by atoms with Crippen molar-refractivity contribution in [3.63, 3.8) is 0 Å². The number of ether oxygens (including phenoxy) is 1. The Morgan fingerprint density at radius 2 is 2.09 bits per heavy atom. The molecule has 0 bridgehead atoms. The molecule has 6 rings (SSSR count). The lowest BCUT2D eigenvalue weighted by Gasteiger charge is -2.28. The highest BCUT2D eigenvalue weighted by atomic mass is 32.1. The topological polar surface area (TPSA) is 115 Å². The average molecular weight is 489 g/mol. The number of carbonyl (C=O) groups excluding carboxylic acids is 3. The highest BCUT2D eigenvalue weighted by Crippen LogP contribution is 2.39. The van der Waals surface area contributed by atoms with Crippen LogP contribution in [-0.2, 0) is 28.0 Å². The van der Waals surface area contributed by atoms with E-state index >= 15 is 0 Å². The average Bonchev–Trinajstić information content (AvgIpc) is 3.62. The number of hydrogen-bond acceptors (Lipinski definition) is 8. The summed E-state index contributed by atoms with van der Waals surface area (Å²) >= 11 is 1.55. The van der Waals surface area contributed by atoms with Crippen LogP contribution in [0.1, 0.15) is 38.8 Å². The molecule has 1 fully saturated rings. The Balaban J connectivity index is 1.35. The summed E-state index contributed by atoms with van der Waals surface area (Å²) in [5, 5.41) is 5.26. The second-order valence-electron chi connectivity index (χ2n) is 8.72.